The summed E-state index contributed by atoms with van der Waals surface area (Å²) in [5.41, 5.74) is 12.9. The lowest BCUT2D eigenvalue weighted by atomic mass is 10.2. The van der Waals surface area contributed by atoms with Gasteiger partial charge in [0.2, 0.25) is 11.8 Å². The van der Waals surface area contributed by atoms with E-state index in [-0.39, 0.29) is 11.8 Å². The van der Waals surface area contributed by atoms with Gasteiger partial charge in [0.1, 0.15) is 17.3 Å². The van der Waals surface area contributed by atoms with Gasteiger partial charge < -0.3 is 20.9 Å². The maximum Gasteiger partial charge on any atom is 0.222 e. The molecule has 0 bridgehead atoms. The van der Waals surface area contributed by atoms with Gasteiger partial charge in [0.25, 0.3) is 0 Å². The zero-order valence-corrected chi connectivity index (χ0v) is 12.2. The summed E-state index contributed by atoms with van der Waals surface area (Å²) in [6.07, 6.45) is 0. The fourth-order valence-electron chi connectivity index (χ4n) is 2.17. The van der Waals surface area contributed by atoms with E-state index >= 15 is 0 Å². The maximum absolute atomic E-state index is 5.89. The van der Waals surface area contributed by atoms with Crippen LogP contribution in [0.15, 0.2) is 30.3 Å². The van der Waals surface area contributed by atoms with E-state index in [1.807, 2.05) is 19.1 Å². The van der Waals surface area contributed by atoms with E-state index in [0.29, 0.717) is 28.3 Å². The quantitative estimate of drug-likeness (QED) is 0.763. The van der Waals surface area contributed by atoms with E-state index in [0.717, 1.165) is 5.69 Å². The number of aromatic nitrogens is 3. The standard InChI is InChI=1S/C15H15N5O2/c1-8-4-3-5-12(18-8)22-9-6-10-13(11(7-9)21-2)14(16)20-15(17)19-10/h3-7H,1-2H3,(H4,16,17,19,20). The zero-order valence-electron chi connectivity index (χ0n) is 12.2. The summed E-state index contributed by atoms with van der Waals surface area (Å²) in [5.74, 6) is 1.88. The van der Waals surface area contributed by atoms with Crippen molar-refractivity contribution in [1.82, 2.24) is 15.0 Å². The molecule has 0 saturated heterocycles. The lowest BCUT2D eigenvalue weighted by molar-refractivity contribution is 0.412. The second-order valence-corrected chi connectivity index (χ2v) is 4.71. The molecule has 0 aliphatic heterocycles. The molecule has 112 valence electrons. The molecule has 2 aromatic heterocycles. The molecule has 3 rings (SSSR count). The number of nitrogens with two attached hydrogens (primary N) is 2. The third-order valence-electron chi connectivity index (χ3n) is 3.09. The normalized spacial score (nSPS) is 10.6. The van der Waals surface area contributed by atoms with Gasteiger partial charge in [-0.15, -0.1) is 0 Å². The van der Waals surface area contributed by atoms with Crippen LogP contribution in [-0.2, 0) is 0 Å². The van der Waals surface area contributed by atoms with Gasteiger partial charge in [-0.1, -0.05) is 6.07 Å². The summed E-state index contributed by atoms with van der Waals surface area (Å²) in [7, 11) is 1.54. The zero-order chi connectivity index (χ0) is 15.7. The van der Waals surface area contributed by atoms with E-state index in [2.05, 4.69) is 15.0 Å². The second kappa shape index (κ2) is 5.36. The van der Waals surface area contributed by atoms with Crippen molar-refractivity contribution in [3.63, 3.8) is 0 Å². The van der Waals surface area contributed by atoms with Crippen molar-refractivity contribution >= 4 is 22.7 Å². The smallest absolute Gasteiger partial charge is 0.222 e. The summed E-state index contributed by atoms with van der Waals surface area (Å²) in [6, 6.07) is 8.96. The highest BCUT2D eigenvalue weighted by Crippen LogP contribution is 2.35. The summed E-state index contributed by atoms with van der Waals surface area (Å²) < 4.78 is 11.1. The molecule has 0 radical (unpaired) electrons. The van der Waals surface area contributed by atoms with Crippen LogP contribution in [-0.4, -0.2) is 22.1 Å². The Bertz CT molecular complexity index is 851. The number of ether oxygens (including phenoxy) is 2. The van der Waals surface area contributed by atoms with E-state index < -0.39 is 0 Å². The third kappa shape index (κ3) is 2.56. The molecule has 7 nitrogen and oxygen atoms in total. The summed E-state index contributed by atoms with van der Waals surface area (Å²) in [4.78, 5) is 12.4. The number of rotatable bonds is 3. The molecule has 0 aliphatic rings. The Morgan fingerprint density at radius 1 is 1.05 bits per heavy atom. The van der Waals surface area contributed by atoms with Crippen LogP contribution >= 0.6 is 0 Å². The first kappa shape index (κ1) is 13.9. The molecule has 0 aliphatic carbocycles. The molecule has 0 unspecified atom stereocenters. The Morgan fingerprint density at radius 2 is 1.86 bits per heavy atom. The number of pyridine rings is 1. The average molecular weight is 297 g/mol. The van der Waals surface area contributed by atoms with E-state index in [1.165, 1.54) is 0 Å². The van der Waals surface area contributed by atoms with Crippen LogP contribution in [0, 0.1) is 6.92 Å². The lowest BCUT2D eigenvalue weighted by Crippen LogP contribution is -2.02. The minimum atomic E-state index is 0.0953. The fourth-order valence-corrected chi connectivity index (χ4v) is 2.17. The van der Waals surface area contributed by atoms with Gasteiger partial charge in [-0.2, -0.15) is 4.98 Å². The fraction of sp³-hybridized carbons (Fsp3) is 0.133. The molecular formula is C15H15N5O2. The summed E-state index contributed by atoms with van der Waals surface area (Å²) in [6.45, 7) is 1.89. The van der Waals surface area contributed by atoms with Gasteiger partial charge in [0.15, 0.2) is 0 Å². The number of nitrogens with zero attached hydrogens (tertiary/aromatic N) is 3. The second-order valence-electron chi connectivity index (χ2n) is 4.71. The van der Waals surface area contributed by atoms with E-state index in [9.17, 15) is 0 Å². The van der Waals surface area contributed by atoms with Crippen LogP contribution in [0.25, 0.3) is 10.9 Å². The highest BCUT2D eigenvalue weighted by Gasteiger charge is 2.13. The number of hydrogen-bond donors (Lipinski definition) is 2. The van der Waals surface area contributed by atoms with Crippen molar-refractivity contribution in [3.8, 4) is 17.4 Å². The molecule has 0 spiro atoms. The van der Waals surface area contributed by atoms with Gasteiger partial charge in [-0.05, 0) is 13.0 Å². The molecule has 22 heavy (non-hydrogen) atoms. The molecule has 0 fully saturated rings. The molecule has 1 aromatic carbocycles. The first-order valence-electron chi connectivity index (χ1n) is 6.59. The van der Waals surface area contributed by atoms with Crippen molar-refractivity contribution in [1.29, 1.82) is 0 Å². The van der Waals surface area contributed by atoms with Crippen molar-refractivity contribution < 1.29 is 9.47 Å². The molecule has 0 atom stereocenters. The Kier molecular flexibility index (Phi) is 3.38. The molecule has 0 amide bonds. The number of nitrogen functional groups attached to an aromatic ring is 2. The van der Waals surface area contributed by atoms with E-state index in [4.69, 9.17) is 20.9 Å². The number of aryl methyl sites for hydroxylation is 1. The third-order valence-corrected chi connectivity index (χ3v) is 3.09. The van der Waals surface area contributed by atoms with Gasteiger partial charge in [0, 0.05) is 23.9 Å². The SMILES string of the molecule is COc1cc(Oc2cccc(C)n2)cc2nc(N)nc(N)c12. The van der Waals surface area contributed by atoms with Crippen LogP contribution < -0.4 is 20.9 Å². The Labute approximate surface area is 126 Å². The highest BCUT2D eigenvalue weighted by atomic mass is 16.5. The predicted octanol–water partition coefficient (Wildman–Crippen LogP) is 2.30. The van der Waals surface area contributed by atoms with Gasteiger partial charge in [-0.3, -0.25) is 0 Å². The Balaban J connectivity index is 2.11. The Hall–Kier alpha value is -3.09. The molecule has 2 heterocycles. The number of benzene rings is 1. The van der Waals surface area contributed by atoms with Crippen molar-refractivity contribution in [2.45, 2.75) is 6.92 Å². The molecule has 7 heteroatoms. The number of hydrogen-bond acceptors (Lipinski definition) is 7. The molecule has 0 saturated carbocycles. The van der Waals surface area contributed by atoms with E-state index in [1.54, 1.807) is 25.3 Å². The van der Waals surface area contributed by atoms with Gasteiger partial charge in [-0.25, -0.2) is 9.97 Å². The van der Waals surface area contributed by atoms with Crippen LogP contribution in [0.1, 0.15) is 5.69 Å². The average Bonchev–Trinajstić information content (AvgIpc) is 2.45. The largest absolute Gasteiger partial charge is 0.496 e. The number of anilines is 2. The summed E-state index contributed by atoms with van der Waals surface area (Å²) in [5, 5.41) is 0.598. The monoisotopic (exact) mass is 297 g/mol. The minimum absolute atomic E-state index is 0.0953. The number of methoxy groups -OCH3 is 1. The number of fused-ring (bicyclic) bond motifs is 1. The van der Waals surface area contributed by atoms with Gasteiger partial charge in [0.05, 0.1) is 18.0 Å². The Morgan fingerprint density at radius 3 is 2.59 bits per heavy atom. The first-order valence-corrected chi connectivity index (χ1v) is 6.59. The first-order chi connectivity index (χ1) is 10.6. The van der Waals surface area contributed by atoms with Crippen LogP contribution in [0.3, 0.4) is 0 Å². The van der Waals surface area contributed by atoms with Crippen LogP contribution in [0.5, 0.6) is 17.4 Å². The lowest BCUT2D eigenvalue weighted by Gasteiger charge is -2.11. The summed E-state index contributed by atoms with van der Waals surface area (Å²) >= 11 is 0. The van der Waals surface area contributed by atoms with Crippen molar-refractivity contribution in [3.05, 3.63) is 36.0 Å². The highest BCUT2D eigenvalue weighted by molar-refractivity contribution is 5.95. The molecular weight excluding hydrogens is 282 g/mol. The molecule has 3 aromatic rings. The van der Waals surface area contributed by atoms with Gasteiger partial charge >= 0.3 is 0 Å². The van der Waals surface area contributed by atoms with Crippen LogP contribution in [0.2, 0.25) is 0 Å². The van der Waals surface area contributed by atoms with Crippen molar-refractivity contribution in [2.24, 2.45) is 0 Å². The minimum Gasteiger partial charge on any atom is -0.496 e. The predicted molar refractivity (Wildman–Crippen MR) is 84.0 cm³/mol. The maximum atomic E-state index is 5.89. The topological polar surface area (TPSA) is 109 Å². The van der Waals surface area contributed by atoms with Crippen molar-refractivity contribution in [2.75, 3.05) is 18.6 Å². The molecule has 4 N–H and O–H groups in total. The van der Waals surface area contributed by atoms with Crippen LogP contribution in [0.4, 0.5) is 11.8 Å².